The summed E-state index contributed by atoms with van der Waals surface area (Å²) in [5.74, 6) is -0.165. The van der Waals surface area contributed by atoms with Crippen molar-refractivity contribution in [1.82, 2.24) is 5.32 Å². The Labute approximate surface area is 299 Å². The van der Waals surface area contributed by atoms with Crippen LogP contribution in [0.25, 0.3) is 0 Å². The maximum Gasteiger partial charge on any atom is 0.220 e. The molecular weight excluding hydrogens is 594 g/mol. The SMILES string of the molecule is CCCC/C=C\CCCCCCCC(=O)NC(CO)C(O)C(O)CCC/C=C/CCCCCCCCCCCCCCCCCCCC. The van der Waals surface area contributed by atoms with Crippen molar-refractivity contribution in [3.8, 4) is 0 Å². The smallest absolute Gasteiger partial charge is 0.220 e. The maximum atomic E-state index is 12.3. The van der Waals surface area contributed by atoms with Gasteiger partial charge in [-0.25, -0.2) is 0 Å². The Hall–Kier alpha value is -1.17. The van der Waals surface area contributed by atoms with Gasteiger partial charge >= 0.3 is 0 Å². The van der Waals surface area contributed by atoms with Crippen molar-refractivity contribution < 1.29 is 20.1 Å². The van der Waals surface area contributed by atoms with Crippen LogP contribution >= 0.6 is 0 Å². The molecule has 5 heteroatoms. The lowest BCUT2D eigenvalue weighted by molar-refractivity contribution is -0.124. The zero-order valence-corrected chi connectivity index (χ0v) is 32.1. The van der Waals surface area contributed by atoms with Gasteiger partial charge in [0.25, 0.3) is 0 Å². The van der Waals surface area contributed by atoms with Gasteiger partial charge < -0.3 is 20.6 Å². The van der Waals surface area contributed by atoms with Crippen molar-refractivity contribution in [1.29, 1.82) is 0 Å². The first kappa shape index (κ1) is 46.8. The Kier molecular flexibility index (Phi) is 37.7. The summed E-state index contributed by atoms with van der Waals surface area (Å²) in [6, 6.07) is -0.827. The monoisotopic (exact) mass is 678 g/mol. The number of nitrogens with one attached hydrogen (secondary N) is 1. The summed E-state index contributed by atoms with van der Waals surface area (Å²) in [5.41, 5.74) is 0. The number of carbonyl (C=O) groups is 1. The Morgan fingerprint density at radius 3 is 1.27 bits per heavy atom. The second-order valence-electron chi connectivity index (χ2n) is 14.5. The van der Waals surface area contributed by atoms with Crippen LogP contribution in [-0.2, 0) is 4.79 Å². The Morgan fingerprint density at radius 2 is 0.854 bits per heavy atom. The minimum Gasteiger partial charge on any atom is -0.394 e. The lowest BCUT2D eigenvalue weighted by Crippen LogP contribution is -2.50. The van der Waals surface area contributed by atoms with Gasteiger partial charge in [-0.1, -0.05) is 179 Å². The zero-order chi connectivity index (χ0) is 35.2. The van der Waals surface area contributed by atoms with Gasteiger partial charge in [0.05, 0.1) is 18.8 Å². The first-order valence-corrected chi connectivity index (χ1v) is 21.1. The number of allylic oxidation sites excluding steroid dienone is 4. The van der Waals surface area contributed by atoms with E-state index in [9.17, 15) is 20.1 Å². The molecule has 0 saturated carbocycles. The van der Waals surface area contributed by atoms with Crippen LogP contribution in [0, 0.1) is 0 Å². The highest BCUT2D eigenvalue weighted by Crippen LogP contribution is 2.15. The third kappa shape index (κ3) is 33.3. The van der Waals surface area contributed by atoms with Crippen molar-refractivity contribution in [3.05, 3.63) is 24.3 Å². The summed E-state index contributed by atoms with van der Waals surface area (Å²) < 4.78 is 0. The van der Waals surface area contributed by atoms with Gasteiger partial charge in [-0.3, -0.25) is 4.79 Å². The Bertz CT molecular complexity index is 709. The highest BCUT2D eigenvalue weighted by Gasteiger charge is 2.26. The highest BCUT2D eigenvalue weighted by atomic mass is 16.3. The summed E-state index contributed by atoms with van der Waals surface area (Å²) in [6.45, 7) is 4.12. The van der Waals surface area contributed by atoms with E-state index >= 15 is 0 Å². The normalized spacial score (nSPS) is 13.9. The summed E-state index contributed by atoms with van der Waals surface area (Å²) in [5, 5.41) is 33.4. The summed E-state index contributed by atoms with van der Waals surface area (Å²) in [7, 11) is 0. The predicted molar refractivity (Wildman–Crippen MR) is 208 cm³/mol. The van der Waals surface area contributed by atoms with E-state index in [1.54, 1.807) is 0 Å². The predicted octanol–water partition coefficient (Wildman–Crippen LogP) is 11.8. The topological polar surface area (TPSA) is 89.8 Å². The van der Waals surface area contributed by atoms with Crippen LogP contribution in [0.1, 0.15) is 219 Å². The molecule has 0 fully saturated rings. The number of unbranched alkanes of at least 4 members (excludes halogenated alkanes) is 26. The molecule has 0 radical (unpaired) electrons. The van der Waals surface area contributed by atoms with Crippen LogP contribution in [0.15, 0.2) is 24.3 Å². The van der Waals surface area contributed by atoms with Crippen LogP contribution in [0.2, 0.25) is 0 Å². The fourth-order valence-corrected chi connectivity index (χ4v) is 6.44. The second-order valence-corrected chi connectivity index (χ2v) is 14.5. The van der Waals surface area contributed by atoms with E-state index in [0.717, 1.165) is 44.9 Å². The fraction of sp³-hybridized carbons (Fsp3) is 0.884. The number of rotatable bonds is 38. The van der Waals surface area contributed by atoms with Gasteiger partial charge in [-0.15, -0.1) is 0 Å². The van der Waals surface area contributed by atoms with Crippen LogP contribution in [0.5, 0.6) is 0 Å². The molecule has 48 heavy (non-hydrogen) atoms. The van der Waals surface area contributed by atoms with E-state index < -0.39 is 18.2 Å². The molecule has 3 atom stereocenters. The molecule has 0 spiro atoms. The zero-order valence-electron chi connectivity index (χ0n) is 32.1. The molecule has 0 aromatic rings. The molecule has 1 amide bonds. The Morgan fingerprint density at radius 1 is 0.500 bits per heavy atom. The lowest BCUT2D eigenvalue weighted by Gasteiger charge is -2.26. The van der Waals surface area contributed by atoms with Crippen LogP contribution in [0.4, 0.5) is 0 Å². The molecule has 0 aromatic heterocycles. The number of aliphatic hydroxyl groups is 3. The van der Waals surface area contributed by atoms with Crippen LogP contribution in [-0.4, -0.2) is 46.1 Å². The van der Waals surface area contributed by atoms with Crippen molar-refractivity contribution in [2.45, 2.75) is 238 Å². The van der Waals surface area contributed by atoms with E-state index in [1.807, 2.05) is 0 Å². The van der Waals surface area contributed by atoms with E-state index in [1.165, 1.54) is 148 Å². The van der Waals surface area contributed by atoms with Gasteiger partial charge in [0.2, 0.25) is 5.91 Å². The molecule has 5 nitrogen and oxygen atoms in total. The van der Waals surface area contributed by atoms with Crippen molar-refractivity contribution in [3.63, 3.8) is 0 Å². The summed E-state index contributed by atoms with van der Waals surface area (Å²) in [6.07, 6.45) is 45.8. The van der Waals surface area contributed by atoms with Crippen LogP contribution < -0.4 is 5.32 Å². The molecule has 0 heterocycles. The number of hydrogen-bond acceptors (Lipinski definition) is 4. The Balaban J connectivity index is 3.62. The number of aliphatic hydroxyl groups excluding tert-OH is 3. The third-order valence-corrected chi connectivity index (χ3v) is 9.78. The summed E-state index contributed by atoms with van der Waals surface area (Å²) >= 11 is 0. The highest BCUT2D eigenvalue weighted by molar-refractivity contribution is 5.76. The van der Waals surface area contributed by atoms with Gasteiger partial charge in [-0.05, 0) is 57.8 Å². The van der Waals surface area contributed by atoms with Crippen LogP contribution in [0.3, 0.4) is 0 Å². The van der Waals surface area contributed by atoms with Gasteiger partial charge in [-0.2, -0.15) is 0 Å². The first-order valence-electron chi connectivity index (χ1n) is 21.1. The minimum absolute atomic E-state index is 0.165. The number of carbonyl (C=O) groups excluding carboxylic acids is 1. The molecule has 0 bridgehead atoms. The molecule has 3 unspecified atom stereocenters. The average molecular weight is 678 g/mol. The van der Waals surface area contributed by atoms with Gasteiger partial charge in [0.1, 0.15) is 6.10 Å². The quantitative estimate of drug-likeness (QED) is 0.0387. The first-order chi connectivity index (χ1) is 23.6. The van der Waals surface area contributed by atoms with Crippen molar-refractivity contribution >= 4 is 5.91 Å². The van der Waals surface area contributed by atoms with Crippen molar-refractivity contribution in [2.24, 2.45) is 0 Å². The average Bonchev–Trinajstić information content (AvgIpc) is 3.09. The molecular formula is C43H83NO4. The molecule has 4 N–H and O–H groups in total. The van der Waals surface area contributed by atoms with E-state index in [2.05, 4.69) is 43.5 Å². The minimum atomic E-state index is -1.16. The molecule has 0 aliphatic heterocycles. The molecule has 284 valence electrons. The molecule has 0 aromatic carbocycles. The number of hydrogen-bond donors (Lipinski definition) is 4. The summed E-state index contributed by atoms with van der Waals surface area (Å²) in [4.78, 5) is 12.3. The number of amides is 1. The largest absolute Gasteiger partial charge is 0.394 e. The molecule has 0 aliphatic rings. The van der Waals surface area contributed by atoms with E-state index in [-0.39, 0.29) is 12.5 Å². The molecule has 0 saturated heterocycles. The van der Waals surface area contributed by atoms with E-state index in [0.29, 0.717) is 12.8 Å². The standard InChI is InChI=1S/C43H83NO4/c1-3-5-7-9-11-13-15-16-17-18-19-20-21-22-23-24-25-26-28-29-31-33-35-37-41(46)43(48)40(39-45)44-42(47)38-36-34-32-30-27-14-12-10-8-6-4-2/h10,12,29,31,40-41,43,45-46,48H,3-9,11,13-28,30,32-39H2,1-2H3,(H,44,47)/b12-10-,31-29+. The molecule has 0 rings (SSSR count). The lowest BCUT2D eigenvalue weighted by atomic mass is 10.0. The third-order valence-electron chi connectivity index (χ3n) is 9.78. The fourth-order valence-electron chi connectivity index (χ4n) is 6.44. The maximum absolute atomic E-state index is 12.3. The van der Waals surface area contributed by atoms with Gasteiger partial charge in [0, 0.05) is 6.42 Å². The second kappa shape index (κ2) is 38.6. The molecule has 0 aliphatic carbocycles. The van der Waals surface area contributed by atoms with Crippen molar-refractivity contribution in [2.75, 3.05) is 6.61 Å². The van der Waals surface area contributed by atoms with E-state index in [4.69, 9.17) is 0 Å². The van der Waals surface area contributed by atoms with Gasteiger partial charge in [0.15, 0.2) is 0 Å².